The number of carbonyl (C=O) groups is 1. The molecule has 28 heavy (non-hydrogen) atoms. The fraction of sp³-hybridized carbons (Fsp3) is 0.278. The lowest BCUT2D eigenvalue weighted by molar-refractivity contribution is 0.0747. The van der Waals surface area contributed by atoms with Gasteiger partial charge in [-0.15, -0.1) is 0 Å². The molecule has 0 N–H and O–H groups in total. The van der Waals surface area contributed by atoms with Gasteiger partial charge in [0.15, 0.2) is 0 Å². The summed E-state index contributed by atoms with van der Waals surface area (Å²) in [5.41, 5.74) is 0.820. The number of rotatable bonds is 4. The Morgan fingerprint density at radius 1 is 1.11 bits per heavy atom. The van der Waals surface area contributed by atoms with Crippen molar-refractivity contribution in [2.45, 2.75) is 4.90 Å². The number of amides is 1. The van der Waals surface area contributed by atoms with Crippen molar-refractivity contribution in [3.63, 3.8) is 0 Å². The standard InChI is InChI=1S/C18H17Cl2FN2O4S/c1-27-17-5-3-13(28(20,25)26)11-16(17)22-6-8-23(9-7-22)18(24)14-4-2-12(21)10-15(14)19/h2-5,10-11H,6-9H2,1H3. The molecule has 0 spiro atoms. The lowest BCUT2D eigenvalue weighted by atomic mass is 10.1. The van der Waals surface area contributed by atoms with Crippen LogP contribution in [-0.2, 0) is 9.05 Å². The number of hydrogen-bond donors (Lipinski definition) is 0. The highest BCUT2D eigenvalue weighted by Crippen LogP contribution is 2.33. The molecule has 0 aliphatic carbocycles. The van der Waals surface area contributed by atoms with Crippen LogP contribution in [0.4, 0.5) is 10.1 Å². The van der Waals surface area contributed by atoms with Crippen molar-refractivity contribution in [1.29, 1.82) is 0 Å². The van der Waals surface area contributed by atoms with Gasteiger partial charge in [-0.25, -0.2) is 12.8 Å². The molecule has 150 valence electrons. The van der Waals surface area contributed by atoms with E-state index in [0.717, 1.165) is 6.07 Å². The Bertz CT molecular complexity index is 1010. The second-order valence-electron chi connectivity index (χ2n) is 6.17. The first-order chi connectivity index (χ1) is 13.2. The number of methoxy groups -OCH3 is 1. The van der Waals surface area contributed by atoms with E-state index in [-0.39, 0.29) is 21.4 Å². The quantitative estimate of drug-likeness (QED) is 0.673. The van der Waals surface area contributed by atoms with Gasteiger partial charge in [-0.2, -0.15) is 0 Å². The van der Waals surface area contributed by atoms with E-state index < -0.39 is 14.9 Å². The molecule has 6 nitrogen and oxygen atoms in total. The summed E-state index contributed by atoms with van der Waals surface area (Å²) in [6.45, 7) is 1.67. The van der Waals surface area contributed by atoms with Crippen molar-refractivity contribution < 1.29 is 22.3 Å². The zero-order chi connectivity index (χ0) is 20.5. The SMILES string of the molecule is COc1ccc(S(=O)(=O)Cl)cc1N1CCN(C(=O)c2ccc(F)cc2Cl)CC1. The highest BCUT2D eigenvalue weighted by molar-refractivity contribution is 8.13. The van der Waals surface area contributed by atoms with E-state index in [4.69, 9.17) is 27.0 Å². The van der Waals surface area contributed by atoms with Gasteiger partial charge in [-0.1, -0.05) is 11.6 Å². The van der Waals surface area contributed by atoms with Gasteiger partial charge in [0.1, 0.15) is 11.6 Å². The van der Waals surface area contributed by atoms with E-state index in [0.29, 0.717) is 37.6 Å². The van der Waals surface area contributed by atoms with Gasteiger partial charge in [0.2, 0.25) is 0 Å². The number of benzene rings is 2. The summed E-state index contributed by atoms with van der Waals surface area (Å²) in [5, 5.41) is 0.0640. The molecule has 0 saturated carbocycles. The Morgan fingerprint density at radius 3 is 2.36 bits per heavy atom. The normalized spacial score (nSPS) is 14.9. The van der Waals surface area contributed by atoms with Crippen LogP contribution in [0.3, 0.4) is 0 Å². The summed E-state index contributed by atoms with van der Waals surface area (Å²) in [5.74, 6) is -0.285. The van der Waals surface area contributed by atoms with E-state index in [2.05, 4.69) is 0 Å². The van der Waals surface area contributed by atoms with Crippen molar-refractivity contribution in [3.05, 3.63) is 52.8 Å². The Hall–Kier alpha value is -2.03. The fourth-order valence-electron chi connectivity index (χ4n) is 3.05. The Balaban J connectivity index is 1.77. The Morgan fingerprint density at radius 2 is 1.79 bits per heavy atom. The van der Waals surface area contributed by atoms with Gasteiger partial charge in [-0.05, 0) is 36.4 Å². The number of anilines is 1. The topological polar surface area (TPSA) is 66.9 Å². The average molecular weight is 447 g/mol. The number of ether oxygens (including phenoxy) is 1. The van der Waals surface area contributed by atoms with Crippen molar-refractivity contribution in [1.82, 2.24) is 4.90 Å². The molecule has 0 aromatic heterocycles. The highest BCUT2D eigenvalue weighted by atomic mass is 35.7. The molecule has 3 rings (SSSR count). The molecule has 0 atom stereocenters. The van der Waals surface area contributed by atoms with Crippen molar-refractivity contribution in [2.75, 3.05) is 38.2 Å². The molecule has 1 heterocycles. The van der Waals surface area contributed by atoms with Crippen LogP contribution in [0.1, 0.15) is 10.4 Å². The zero-order valence-corrected chi connectivity index (χ0v) is 17.2. The molecule has 1 saturated heterocycles. The maximum atomic E-state index is 13.2. The third-order valence-electron chi connectivity index (χ3n) is 4.50. The molecule has 2 aromatic carbocycles. The molecule has 1 fully saturated rings. The molecule has 10 heteroatoms. The van der Waals surface area contributed by atoms with Crippen molar-refractivity contribution in [2.24, 2.45) is 0 Å². The summed E-state index contributed by atoms with van der Waals surface area (Å²) < 4.78 is 41.8. The number of hydrogen-bond acceptors (Lipinski definition) is 5. The summed E-state index contributed by atoms with van der Waals surface area (Å²) >= 11 is 5.98. The van der Waals surface area contributed by atoms with Crippen LogP contribution in [0.15, 0.2) is 41.3 Å². The van der Waals surface area contributed by atoms with Gasteiger partial charge in [0.25, 0.3) is 15.0 Å². The summed E-state index contributed by atoms with van der Waals surface area (Å²) in [7, 11) is 3.06. The zero-order valence-electron chi connectivity index (χ0n) is 14.9. The van der Waals surface area contributed by atoms with Crippen LogP contribution in [0, 0.1) is 5.82 Å². The minimum absolute atomic E-state index is 0.0263. The first-order valence-corrected chi connectivity index (χ1v) is 11.0. The monoisotopic (exact) mass is 446 g/mol. The van der Waals surface area contributed by atoms with Crippen LogP contribution < -0.4 is 9.64 Å². The van der Waals surface area contributed by atoms with Gasteiger partial charge in [0.05, 0.1) is 28.3 Å². The van der Waals surface area contributed by atoms with Gasteiger partial charge in [-0.3, -0.25) is 4.79 Å². The van der Waals surface area contributed by atoms with Crippen LogP contribution in [0.5, 0.6) is 5.75 Å². The van der Waals surface area contributed by atoms with E-state index in [1.165, 1.54) is 31.4 Å². The molecule has 0 bridgehead atoms. The summed E-state index contributed by atoms with van der Waals surface area (Å²) in [4.78, 5) is 16.2. The summed E-state index contributed by atoms with van der Waals surface area (Å²) in [6.07, 6.45) is 0. The van der Waals surface area contributed by atoms with Crippen molar-refractivity contribution in [3.8, 4) is 5.75 Å². The van der Waals surface area contributed by atoms with Crippen molar-refractivity contribution >= 4 is 42.9 Å². The number of nitrogens with zero attached hydrogens (tertiary/aromatic N) is 2. The second kappa shape index (κ2) is 8.14. The van der Waals surface area contributed by atoms with E-state index >= 15 is 0 Å². The predicted octanol–water partition coefficient (Wildman–Crippen LogP) is 3.38. The molecule has 1 amide bonds. The van der Waals surface area contributed by atoms with Crippen LogP contribution in [0.2, 0.25) is 5.02 Å². The third-order valence-corrected chi connectivity index (χ3v) is 6.17. The smallest absolute Gasteiger partial charge is 0.261 e. The molecular weight excluding hydrogens is 430 g/mol. The second-order valence-corrected chi connectivity index (χ2v) is 9.15. The predicted molar refractivity (Wildman–Crippen MR) is 106 cm³/mol. The van der Waals surface area contributed by atoms with Crippen LogP contribution in [-0.4, -0.2) is 52.5 Å². The molecular formula is C18H17Cl2FN2O4S. The van der Waals surface area contributed by atoms with E-state index in [1.807, 2.05) is 4.90 Å². The first kappa shape index (κ1) is 20.7. The average Bonchev–Trinajstić information content (AvgIpc) is 2.66. The first-order valence-electron chi connectivity index (χ1n) is 8.32. The largest absolute Gasteiger partial charge is 0.495 e. The van der Waals surface area contributed by atoms with Gasteiger partial charge in [0, 0.05) is 36.9 Å². The van der Waals surface area contributed by atoms with Gasteiger partial charge >= 0.3 is 0 Å². The van der Waals surface area contributed by atoms with Crippen LogP contribution in [0.25, 0.3) is 0 Å². The molecule has 2 aromatic rings. The minimum Gasteiger partial charge on any atom is -0.495 e. The molecule has 0 radical (unpaired) electrons. The highest BCUT2D eigenvalue weighted by Gasteiger charge is 2.26. The number of piperazine rings is 1. The van der Waals surface area contributed by atoms with Gasteiger partial charge < -0.3 is 14.5 Å². The lowest BCUT2D eigenvalue weighted by Crippen LogP contribution is -2.49. The number of halogens is 3. The van der Waals surface area contributed by atoms with E-state index in [1.54, 1.807) is 11.0 Å². The molecule has 1 aliphatic heterocycles. The molecule has 1 aliphatic rings. The Kier molecular flexibility index (Phi) is 6.02. The van der Waals surface area contributed by atoms with Crippen LogP contribution >= 0.6 is 22.3 Å². The Labute approximate surface area is 171 Å². The maximum Gasteiger partial charge on any atom is 0.261 e. The number of carbonyl (C=O) groups excluding carboxylic acids is 1. The minimum atomic E-state index is -3.88. The summed E-state index contributed by atoms with van der Waals surface area (Å²) in [6, 6.07) is 8.04. The fourth-order valence-corrected chi connectivity index (χ4v) is 4.07. The maximum absolute atomic E-state index is 13.2. The third kappa shape index (κ3) is 4.34. The lowest BCUT2D eigenvalue weighted by Gasteiger charge is -2.36. The molecule has 0 unspecified atom stereocenters. The van der Waals surface area contributed by atoms with E-state index in [9.17, 15) is 17.6 Å².